The van der Waals surface area contributed by atoms with Gasteiger partial charge in [0.15, 0.2) is 5.82 Å². The number of aryl methyl sites for hydroxylation is 1. The van der Waals surface area contributed by atoms with Crippen LogP contribution in [0.4, 0.5) is 0 Å². The van der Waals surface area contributed by atoms with Crippen LogP contribution in [0.5, 0.6) is 0 Å². The van der Waals surface area contributed by atoms with E-state index in [9.17, 15) is 0 Å². The number of aromatic nitrogens is 3. The lowest BCUT2D eigenvalue weighted by atomic mass is 9.80. The molecule has 5 heteroatoms. The van der Waals surface area contributed by atoms with Gasteiger partial charge in [-0.2, -0.15) is 5.10 Å². The number of nitrogens with zero attached hydrogens (tertiary/aromatic N) is 3. The minimum Gasteiger partial charge on any atom is -0.377 e. The third-order valence-corrected chi connectivity index (χ3v) is 6.12. The van der Waals surface area contributed by atoms with E-state index in [1.165, 1.54) is 51.4 Å². The second-order valence-corrected chi connectivity index (χ2v) is 7.48. The zero-order valence-corrected chi connectivity index (χ0v) is 13.7. The number of nitrogens with one attached hydrogen (secondary N) is 1. The Kier molecular flexibility index (Phi) is 3.95. The van der Waals surface area contributed by atoms with Crippen molar-refractivity contribution in [2.75, 3.05) is 7.11 Å². The lowest BCUT2D eigenvalue weighted by molar-refractivity contribution is 0.177. The van der Waals surface area contributed by atoms with Crippen LogP contribution in [0, 0.1) is 5.41 Å². The van der Waals surface area contributed by atoms with Gasteiger partial charge in [-0.25, -0.2) is 9.67 Å². The van der Waals surface area contributed by atoms with Gasteiger partial charge in [0.05, 0.1) is 6.54 Å². The van der Waals surface area contributed by atoms with E-state index in [2.05, 4.69) is 20.1 Å². The molecule has 1 spiro atoms. The topological polar surface area (TPSA) is 52.0 Å². The van der Waals surface area contributed by atoms with E-state index in [1.807, 2.05) is 0 Å². The van der Waals surface area contributed by atoms with E-state index >= 15 is 0 Å². The van der Waals surface area contributed by atoms with Crippen LogP contribution in [0.2, 0.25) is 0 Å². The zero-order chi connectivity index (χ0) is 15.0. The lowest BCUT2D eigenvalue weighted by Crippen LogP contribution is -2.48. The number of hydrogen-bond acceptors (Lipinski definition) is 4. The van der Waals surface area contributed by atoms with E-state index < -0.39 is 0 Å². The summed E-state index contributed by atoms with van der Waals surface area (Å²) in [6.45, 7) is 1.49. The van der Waals surface area contributed by atoms with Crippen LogP contribution in [0.3, 0.4) is 0 Å². The number of methoxy groups -OCH3 is 1. The first-order valence-corrected chi connectivity index (χ1v) is 8.97. The molecule has 1 aromatic heterocycles. The Labute approximate surface area is 132 Å². The Morgan fingerprint density at radius 2 is 2.05 bits per heavy atom. The second kappa shape index (κ2) is 5.93. The van der Waals surface area contributed by atoms with Crippen molar-refractivity contribution in [2.24, 2.45) is 5.41 Å². The van der Waals surface area contributed by atoms with Crippen LogP contribution in [-0.4, -0.2) is 34.0 Å². The van der Waals surface area contributed by atoms with Gasteiger partial charge in [-0.15, -0.1) is 0 Å². The standard InChI is InChI=1S/C17H28N4O/c1-22-12-15-19-16-7-6-13(11-21(16)20-15)18-14-5-4-10-17(14)8-2-3-9-17/h13-14,18H,2-12H2,1H3/t13-,14-/m1/s1. The predicted molar refractivity (Wildman–Crippen MR) is 84.5 cm³/mol. The van der Waals surface area contributed by atoms with Crippen LogP contribution in [0.25, 0.3) is 0 Å². The Bertz CT molecular complexity index is 515. The summed E-state index contributed by atoms with van der Waals surface area (Å²) in [5.74, 6) is 1.96. The minimum atomic E-state index is 0.518. The van der Waals surface area contributed by atoms with Gasteiger partial charge < -0.3 is 10.1 Å². The summed E-state index contributed by atoms with van der Waals surface area (Å²) in [5, 5.41) is 8.61. The second-order valence-electron chi connectivity index (χ2n) is 7.48. The van der Waals surface area contributed by atoms with Crippen LogP contribution in [0.1, 0.15) is 63.0 Å². The van der Waals surface area contributed by atoms with Gasteiger partial charge in [-0.05, 0) is 37.5 Å². The molecule has 0 aromatic carbocycles. The van der Waals surface area contributed by atoms with Crippen molar-refractivity contribution < 1.29 is 4.74 Å². The monoisotopic (exact) mass is 304 g/mol. The molecule has 0 amide bonds. The van der Waals surface area contributed by atoms with Crippen molar-refractivity contribution in [1.29, 1.82) is 0 Å². The minimum absolute atomic E-state index is 0.518. The highest BCUT2D eigenvalue weighted by atomic mass is 16.5. The highest BCUT2D eigenvalue weighted by Crippen LogP contribution is 2.50. The molecule has 4 rings (SSSR count). The highest BCUT2D eigenvalue weighted by Gasteiger charge is 2.45. The summed E-state index contributed by atoms with van der Waals surface area (Å²) in [4.78, 5) is 4.58. The molecule has 122 valence electrons. The lowest BCUT2D eigenvalue weighted by Gasteiger charge is -2.36. The smallest absolute Gasteiger partial charge is 0.176 e. The molecule has 0 saturated heterocycles. The quantitative estimate of drug-likeness (QED) is 0.928. The molecule has 3 aliphatic rings. The van der Waals surface area contributed by atoms with Gasteiger partial charge in [0.2, 0.25) is 0 Å². The third-order valence-electron chi connectivity index (χ3n) is 6.12. The van der Waals surface area contributed by atoms with E-state index in [4.69, 9.17) is 4.74 Å². The fourth-order valence-electron chi connectivity index (χ4n) is 5.05. The molecular formula is C17H28N4O. The normalized spacial score (nSPS) is 30.0. The van der Waals surface area contributed by atoms with E-state index in [-0.39, 0.29) is 0 Å². The molecule has 1 aromatic rings. The highest BCUT2D eigenvalue weighted by molar-refractivity contribution is 5.02. The van der Waals surface area contributed by atoms with Crippen molar-refractivity contribution in [3.63, 3.8) is 0 Å². The van der Waals surface area contributed by atoms with Crippen molar-refractivity contribution in [1.82, 2.24) is 20.1 Å². The average molecular weight is 304 g/mol. The Balaban J connectivity index is 1.42. The number of fused-ring (bicyclic) bond motifs is 1. The summed E-state index contributed by atoms with van der Waals surface area (Å²) in [6, 6.07) is 1.30. The maximum Gasteiger partial charge on any atom is 0.176 e. The first kappa shape index (κ1) is 14.6. The molecule has 1 aliphatic heterocycles. The van der Waals surface area contributed by atoms with Gasteiger partial charge in [-0.3, -0.25) is 0 Å². The van der Waals surface area contributed by atoms with Gasteiger partial charge in [0, 0.05) is 25.6 Å². The maximum atomic E-state index is 5.15. The van der Waals surface area contributed by atoms with Gasteiger partial charge in [-0.1, -0.05) is 19.3 Å². The first-order valence-electron chi connectivity index (χ1n) is 8.97. The van der Waals surface area contributed by atoms with E-state index in [0.29, 0.717) is 18.1 Å². The van der Waals surface area contributed by atoms with Crippen LogP contribution >= 0.6 is 0 Å². The first-order chi connectivity index (χ1) is 10.8. The van der Waals surface area contributed by atoms with Crippen LogP contribution < -0.4 is 5.32 Å². The number of rotatable bonds is 4. The molecule has 0 bridgehead atoms. The molecule has 5 nitrogen and oxygen atoms in total. The van der Waals surface area contributed by atoms with Gasteiger partial charge in [0.25, 0.3) is 0 Å². The molecule has 2 heterocycles. The van der Waals surface area contributed by atoms with E-state index in [1.54, 1.807) is 7.11 Å². The summed E-state index contributed by atoms with van der Waals surface area (Å²) < 4.78 is 7.25. The molecule has 2 fully saturated rings. The Morgan fingerprint density at radius 1 is 1.23 bits per heavy atom. The fraction of sp³-hybridized carbons (Fsp3) is 0.882. The summed E-state index contributed by atoms with van der Waals surface area (Å²) in [5.41, 5.74) is 0.629. The molecule has 2 atom stereocenters. The largest absolute Gasteiger partial charge is 0.377 e. The Morgan fingerprint density at radius 3 is 2.86 bits per heavy atom. The van der Waals surface area contributed by atoms with E-state index in [0.717, 1.165) is 30.7 Å². The molecule has 2 saturated carbocycles. The van der Waals surface area contributed by atoms with Gasteiger partial charge in [0.1, 0.15) is 12.4 Å². The van der Waals surface area contributed by atoms with Gasteiger partial charge >= 0.3 is 0 Å². The van der Waals surface area contributed by atoms with Crippen molar-refractivity contribution >= 4 is 0 Å². The summed E-state index contributed by atoms with van der Waals surface area (Å²) in [7, 11) is 1.70. The molecule has 0 radical (unpaired) electrons. The zero-order valence-electron chi connectivity index (χ0n) is 13.7. The molecule has 0 unspecified atom stereocenters. The Hall–Kier alpha value is -0.940. The summed E-state index contributed by atoms with van der Waals surface area (Å²) >= 11 is 0. The molecule has 1 N–H and O–H groups in total. The SMILES string of the molecule is COCc1nc2n(n1)C[C@H](N[C@@H]1CCCC13CCCC3)CC2. The average Bonchev–Trinajstić information content (AvgIpc) is 3.22. The predicted octanol–water partition coefficient (Wildman–Crippen LogP) is 2.44. The van der Waals surface area contributed by atoms with Crippen molar-refractivity contribution in [3.8, 4) is 0 Å². The number of hydrogen-bond donors (Lipinski definition) is 1. The van der Waals surface area contributed by atoms with Crippen molar-refractivity contribution in [2.45, 2.75) is 83.0 Å². The molecule has 22 heavy (non-hydrogen) atoms. The summed E-state index contributed by atoms with van der Waals surface area (Å²) in [6.07, 6.45) is 12.2. The maximum absolute atomic E-state index is 5.15. The van der Waals surface area contributed by atoms with Crippen LogP contribution in [0.15, 0.2) is 0 Å². The fourth-order valence-corrected chi connectivity index (χ4v) is 5.05. The molecular weight excluding hydrogens is 276 g/mol. The van der Waals surface area contributed by atoms with Crippen LogP contribution in [-0.2, 0) is 24.3 Å². The van der Waals surface area contributed by atoms with Crippen molar-refractivity contribution in [3.05, 3.63) is 11.6 Å². The third kappa shape index (κ3) is 2.58. The molecule has 2 aliphatic carbocycles. The number of ether oxygens (including phenoxy) is 1.